The highest BCUT2D eigenvalue weighted by molar-refractivity contribution is 5.41. The normalized spacial score (nSPS) is 9.90. The first-order valence-corrected chi connectivity index (χ1v) is 6.07. The molecule has 2 aromatic rings. The molecular weight excluding hydrogens is 254 g/mol. The molecule has 1 aromatic carbocycles. The van der Waals surface area contributed by atoms with E-state index < -0.39 is 0 Å². The average Bonchev–Trinajstić information content (AvgIpc) is 2.45. The Hall–Kier alpha value is -2.65. The molecule has 102 valence electrons. The summed E-state index contributed by atoms with van der Waals surface area (Å²) in [5.74, 6) is 7.06. The van der Waals surface area contributed by atoms with Crippen molar-refractivity contribution in [3.63, 3.8) is 0 Å². The van der Waals surface area contributed by atoms with Gasteiger partial charge in [-0.1, -0.05) is 6.07 Å². The summed E-state index contributed by atoms with van der Waals surface area (Å²) in [6.07, 6.45) is 0. The number of rotatable bonds is 4. The van der Waals surface area contributed by atoms with Gasteiger partial charge in [-0.3, -0.25) is 0 Å². The smallest absolute Gasteiger partial charge is 0.168 e. The van der Waals surface area contributed by atoms with Crippen molar-refractivity contribution in [3.8, 4) is 11.8 Å². The van der Waals surface area contributed by atoms with Crippen LogP contribution in [0.2, 0.25) is 0 Å². The van der Waals surface area contributed by atoms with Gasteiger partial charge in [0.15, 0.2) is 5.82 Å². The van der Waals surface area contributed by atoms with Crippen molar-refractivity contribution in [2.45, 2.75) is 20.5 Å². The van der Waals surface area contributed by atoms with Crippen molar-refractivity contribution < 1.29 is 4.74 Å². The van der Waals surface area contributed by atoms with Crippen LogP contribution in [0.1, 0.15) is 22.6 Å². The molecule has 0 amide bonds. The third kappa shape index (κ3) is 3.22. The summed E-state index contributed by atoms with van der Waals surface area (Å²) in [6, 6.07) is 9.12. The standard InChI is InChI=1S/C14H15N5O/c1-9-3-4-11(7-15)6-12(9)20-8-14-17-10(2)5-13(18-14)19-16/h3-6H,8,16H2,1-2H3,(H,17,18,19). The van der Waals surface area contributed by atoms with E-state index in [1.165, 1.54) is 0 Å². The quantitative estimate of drug-likeness (QED) is 0.649. The Labute approximate surface area is 117 Å². The molecule has 0 fully saturated rings. The Morgan fingerprint density at radius 2 is 2.10 bits per heavy atom. The van der Waals surface area contributed by atoms with Crippen LogP contribution in [-0.2, 0) is 6.61 Å². The largest absolute Gasteiger partial charge is 0.485 e. The lowest BCUT2D eigenvalue weighted by atomic mass is 10.1. The SMILES string of the molecule is Cc1cc(NN)nc(COc2cc(C#N)ccc2C)n1. The summed E-state index contributed by atoms with van der Waals surface area (Å²) in [7, 11) is 0. The maximum absolute atomic E-state index is 8.89. The van der Waals surface area contributed by atoms with Gasteiger partial charge in [-0.2, -0.15) is 5.26 Å². The van der Waals surface area contributed by atoms with E-state index >= 15 is 0 Å². The predicted molar refractivity (Wildman–Crippen MR) is 74.8 cm³/mol. The number of nitrogens with one attached hydrogen (secondary N) is 1. The number of nitrogens with two attached hydrogens (primary N) is 1. The van der Waals surface area contributed by atoms with E-state index in [0.717, 1.165) is 11.3 Å². The van der Waals surface area contributed by atoms with E-state index in [4.69, 9.17) is 15.8 Å². The highest BCUT2D eigenvalue weighted by Crippen LogP contribution is 2.20. The van der Waals surface area contributed by atoms with Gasteiger partial charge in [-0.05, 0) is 31.5 Å². The lowest BCUT2D eigenvalue weighted by Gasteiger charge is -2.10. The Balaban J connectivity index is 2.16. The van der Waals surface area contributed by atoms with Crippen molar-refractivity contribution >= 4 is 5.82 Å². The van der Waals surface area contributed by atoms with Crippen LogP contribution in [0.3, 0.4) is 0 Å². The van der Waals surface area contributed by atoms with Gasteiger partial charge < -0.3 is 10.2 Å². The molecular formula is C14H15N5O. The lowest BCUT2D eigenvalue weighted by Crippen LogP contribution is -2.12. The van der Waals surface area contributed by atoms with Crippen LogP contribution in [0.5, 0.6) is 5.75 Å². The van der Waals surface area contributed by atoms with Gasteiger partial charge in [0.1, 0.15) is 18.2 Å². The summed E-state index contributed by atoms with van der Waals surface area (Å²) in [5.41, 5.74) is 4.79. The molecule has 6 nitrogen and oxygen atoms in total. The lowest BCUT2D eigenvalue weighted by molar-refractivity contribution is 0.293. The molecule has 0 aliphatic heterocycles. The van der Waals surface area contributed by atoms with Gasteiger partial charge in [0, 0.05) is 11.8 Å². The number of hydrogen-bond acceptors (Lipinski definition) is 6. The van der Waals surface area contributed by atoms with Crippen molar-refractivity contribution in [3.05, 3.63) is 46.9 Å². The monoisotopic (exact) mass is 269 g/mol. The molecule has 0 aliphatic carbocycles. The van der Waals surface area contributed by atoms with Gasteiger partial charge in [0.25, 0.3) is 0 Å². The van der Waals surface area contributed by atoms with Gasteiger partial charge in [-0.15, -0.1) is 0 Å². The maximum Gasteiger partial charge on any atom is 0.168 e. The Morgan fingerprint density at radius 1 is 1.30 bits per heavy atom. The number of aryl methyl sites for hydroxylation is 2. The summed E-state index contributed by atoms with van der Waals surface area (Å²) in [5, 5.41) is 8.89. The maximum atomic E-state index is 8.89. The van der Waals surface area contributed by atoms with E-state index in [-0.39, 0.29) is 6.61 Å². The second-order valence-corrected chi connectivity index (χ2v) is 4.34. The van der Waals surface area contributed by atoms with Crippen LogP contribution in [0.4, 0.5) is 5.82 Å². The molecule has 0 saturated heterocycles. The van der Waals surface area contributed by atoms with Crippen molar-refractivity contribution in [2.75, 3.05) is 5.43 Å². The molecule has 0 aliphatic rings. The molecule has 3 N–H and O–H groups in total. The molecule has 20 heavy (non-hydrogen) atoms. The number of nitrogen functional groups attached to an aromatic ring is 1. The minimum Gasteiger partial charge on any atom is -0.485 e. The first kappa shape index (κ1) is 13.8. The molecule has 0 bridgehead atoms. The minimum atomic E-state index is 0.214. The first-order chi connectivity index (χ1) is 9.62. The van der Waals surface area contributed by atoms with Crippen LogP contribution in [0.15, 0.2) is 24.3 Å². The number of benzene rings is 1. The highest BCUT2D eigenvalue weighted by Gasteiger charge is 2.05. The van der Waals surface area contributed by atoms with Crippen LogP contribution < -0.4 is 16.0 Å². The fraction of sp³-hybridized carbons (Fsp3) is 0.214. The number of hydrazine groups is 1. The molecule has 0 radical (unpaired) electrons. The van der Waals surface area contributed by atoms with Crippen molar-refractivity contribution in [2.24, 2.45) is 5.84 Å². The minimum absolute atomic E-state index is 0.214. The second kappa shape index (κ2) is 5.99. The number of nitriles is 1. The number of nitrogens with zero attached hydrogens (tertiary/aromatic N) is 3. The van der Waals surface area contributed by atoms with E-state index in [1.54, 1.807) is 18.2 Å². The van der Waals surface area contributed by atoms with Crippen molar-refractivity contribution in [1.29, 1.82) is 5.26 Å². The van der Waals surface area contributed by atoms with Crippen molar-refractivity contribution in [1.82, 2.24) is 9.97 Å². The molecule has 0 atom stereocenters. The zero-order valence-electron chi connectivity index (χ0n) is 11.3. The zero-order valence-corrected chi connectivity index (χ0v) is 11.3. The number of anilines is 1. The Bertz CT molecular complexity index is 663. The first-order valence-electron chi connectivity index (χ1n) is 6.07. The summed E-state index contributed by atoms with van der Waals surface area (Å²) < 4.78 is 5.68. The molecule has 1 heterocycles. The molecule has 2 rings (SSSR count). The molecule has 0 unspecified atom stereocenters. The molecule has 0 saturated carbocycles. The van der Waals surface area contributed by atoms with Gasteiger partial charge in [0.05, 0.1) is 11.6 Å². The topological polar surface area (TPSA) is 96.9 Å². The van der Waals surface area contributed by atoms with Crippen LogP contribution in [-0.4, -0.2) is 9.97 Å². The van der Waals surface area contributed by atoms with E-state index in [2.05, 4.69) is 21.5 Å². The molecule has 6 heteroatoms. The van der Waals surface area contributed by atoms with Gasteiger partial charge >= 0.3 is 0 Å². The van der Waals surface area contributed by atoms with Gasteiger partial charge in [-0.25, -0.2) is 15.8 Å². The molecule has 1 aromatic heterocycles. The number of ether oxygens (including phenoxy) is 1. The second-order valence-electron chi connectivity index (χ2n) is 4.34. The van der Waals surface area contributed by atoms with Crippen LogP contribution >= 0.6 is 0 Å². The summed E-state index contributed by atoms with van der Waals surface area (Å²) in [6.45, 7) is 3.99. The summed E-state index contributed by atoms with van der Waals surface area (Å²) >= 11 is 0. The van der Waals surface area contributed by atoms with E-state index in [1.807, 2.05) is 19.9 Å². The van der Waals surface area contributed by atoms with E-state index in [0.29, 0.717) is 23.0 Å². The number of aromatic nitrogens is 2. The average molecular weight is 269 g/mol. The molecule has 0 spiro atoms. The highest BCUT2D eigenvalue weighted by atomic mass is 16.5. The summed E-state index contributed by atoms with van der Waals surface area (Å²) in [4.78, 5) is 8.47. The number of hydrogen-bond donors (Lipinski definition) is 2. The Morgan fingerprint density at radius 3 is 2.80 bits per heavy atom. The van der Waals surface area contributed by atoms with E-state index in [9.17, 15) is 0 Å². The predicted octanol–water partition coefficient (Wildman–Crippen LogP) is 1.83. The zero-order chi connectivity index (χ0) is 14.5. The fourth-order valence-electron chi connectivity index (χ4n) is 1.74. The van der Waals surface area contributed by atoms with Crippen LogP contribution in [0.25, 0.3) is 0 Å². The van der Waals surface area contributed by atoms with Crippen LogP contribution in [0, 0.1) is 25.2 Å². The third-order valence-electron chi connectivity index (χ3n) is 2.72. The van der Waals surface area contributed by atoms with Gasteiger partial charge in [0.2, 0.25) is 0 Å². The fourth-order valence-corrected chi connectivity index (χ4v) is 1.74. The Kier molecular flexibility index (Phi) is 4.13. The third-order valence-corrected chi connectivity index (χ3v) is 2.72.